The standard InChI is InChI=1S/C24H29N3O3/c1-5-15-26(16-6-2)24(28)23-17-22(18-7-11-20(29-3)12-8-18)25-27(23)19-9-13-21(30-4)14-10-19/h7-14,17H,5-6,15-16H2,1-4H3. The molecule has 158 valence electrons. The number of methoxy groups -OCH3 is 2. The fourth-order valence-corrected chi connectivity index (χ4v) is 3.37. The second kappa shape index (κ2) is 9.96. The smallest absolute Gasteiger partial charge is 0.272 e. The molecular formula is C24H29N3O3. The molecule has 0 atom stereocenters. The lowest BCUT2D eigenvalue weighted by molar-refractivity contribution is 0.0746. The molecule has 0 aliphatic heterocycles. The molecule has 6 nitrogen and oxygen atoms in total. The predicted octanol–water partition coefficient (Wildman–Crippen LogP) is 4.82. The van der Waals surface area contributed by atoms with Crippen molar-refractivity contribution in [3.63, 3.8) is 0 Å². The van der Waals surface area contributed by atoms with E-state index in [-0.39, 0.29) is 5.91 Å². The van der Waals surface area contributed by atoms with Gasteiger partial charge in [0.1, 0.15) is 17.2 Å². The van der Waals surface area contributed by atoms with Crippen molar-refractivity contribution in [2.24, 2.45) is 0 Å². The van der Waals surface area contributed by atoms with Crippen LogP contribution in [0.1, 0.15) is 37.2 Å². The lowest BCUT2D eigenvalue weighted by Gasteiger charge is -2.21. The van der Waals surface area contributed by atoms with Crippen LogP contribution in [0.5, 0.6) is 11.5 Å². The quantitative estimate of drug-likeness (QED) is 0.510. The number of hydrogen-bond acceptors (Lipinski definition) is 4. The molecule has 3 rings (SSSR count). The highest BCUT2D eigenvalue weighted by molar-refractivity contribution is 5.94. The first-order valence-electron chi connectivity index (χ1n) is 10.3. The van der Waals surface area contributed by atoms with Crippen LogP contribution in [-0.4, -0.2) is 47.9 Å². The number of amides is 1. The lowest BCUT2D eigenvalue weighted by atomic mass is 10.1. The maximum Gasteiger partial charge on any atom is 0.272 e. The van der Waals surface area contributed by atoms with E-state index in [4.69, 9.17) is 14.6 Å². The second-order valence-electron chi connectivity index (χ2n) is 7.05. The first-order chi connectivity index (χ1) is 14.6. The van der Waals surface area contributed by atoms with Crippen LogP contribution >= 0.6 is 0 Å². The molecule has 2 aromatic carbocycles. The summed E-state index contributed by atoms with van der Waals surface area (Å²) < 4.78 is 12.2. The van der Waals surface area contributed by atoms with E-state index in [9.17, 15) is 4.79 Å². The van der Waals surface area contributed by atoms with Crippen molar-refractivity contribution in [2.45, 2.75) is 26.7 Å². The van der Waals surface area contributed by atoms with Crippen LogP contribution in [0.3, 0.4) is 0 Å². The van der Waals surface area contributed by atoms with Crippen LogP contribution in [0.25, 0.3) is 16.9 Å². The Kier molecular flexibility index (Phi) is 7.12. The molecule has 30 heavy (non-hydrogen) atoms. The van der Waals surface area contributed by atoms with Crippen molar-refractivity contribution in [2.75, 3.05) is 27.3 Å². The molecule has 0 fully saturated rings. The average molecular weight is 408 g/mol. The zero-order valence-electron chi connectivity index (χ0n) is 18.1. The molecule has 0 unspecified atom stereocenters. The minimum absolute atomic E-state index is 0.0122. The Morgan fingerprint density at radius 1 is 0.900 bits per heavy atom. The number of nitrogens with zero attached hydrogens (tertiary/aromatic N) is 3. The van der Waals surface area contributed by atoms with Gasteiger partial charge in [-0.1, -0.05) is 13.8 Å². The molecule has 0 bridgehead atoms. The molecule has 0 saturated heterocycles. The summed E-state index contributed by atoms with van der Waals surface area (Å²) in [6.07, 6.45) is 1.82. The Morgan fingerprint density at radius 2 is 1.43 bits per heavy atom. The van der Waals surface area contributed by atoms with Gasteiger partial charge in [-0.3, -0.25) is 4.79 Å². The molecule has 0 saturated carbocycles. The summed E-state index contributed by atoms with van der Waals surface area (Å²) in [6, 6.07) is 17.1. The average Bonchev–Trinajstić information content (AvgIpc) is 3.24. The third kappa shape index (κ3) is 4.64. The number of carbonyl (C=O) groups is 1. The van der Waals surface area contributed by atoms with Crippen molar-refractivity contribution < 1.29 is 14.3 Å². The zero-order chi connectivity index (χ0) is 21.5. The Bertz CT molecular complexity index is 956. The maximum atomic E-state index is 13.4. The summed E-state index contributed by atoms with van der Waals surface area (Å²) in [6.45, 7) is 5.61. The summed E-state index contributed by atoms with van der Waals surface area (Å²) in [5.74, 6) is 1.52. The van der Waals surface area contributed by atoms with E-state index in [0.29, 0.717) is 5.69 Å². The summed E-state index contributed by atoms with van der Waals surface area (Å²) in [4.78, 5) is 15.3. The van der Waals surface area contributed by atoms with Gasteiger partial charge in [-0.05, 0) is 67.4 Å². The summed E-state index contributed by atoms with van der Waals surface area (Å²) in [5, 5.41) is 4.77. The van der Waals surface area contributed by atoms with E-state index in [0.717, 1.165) is 54.4 Å². The number of hydrogen-bond donors (Lipinski definition) is 0. The largest absolute Gasteiger partial charge is 0.497 e. The van der Waals surface area contributed by atoms with Crippen molar-refractivity contribution >= 4 is 5.91 Å². The van der Waals surface area contributed by atoms with E-state index in [1.165, 1.54) is 0 Å². The molecule has 3 aromatic rings. The molecule has 6 heteroatoms. The topological polar surface area (TPSA) is 56.6 Å². The van der Waals surface area contributed by atoms with Crippen LogP contribution in [0.2, 0.25) is 0 Å². The van der Waals surface area contributed by atoms with Gasteiger partial charge in [-0.15, -0.1) is 0 Å². The van der Waals surface area contributed by atoms with Gasteiger partial charge in [0.05, 0.1) is 25.6 Å². The predicted molar refractivity (Wildman–Crippen MR) is 119 cm³/mol. The monoisotopic (exact) mass is 407 g/mol. The fourth-order valence-electron chi connectivity index (χ4n) is 3.37. The summed E-state index contributed by atoms with van der Waals surface area (Å²) in [7, 11) is 3.27. The Hall–Kier alpha value is -3.28. The van der Waals surface area contributed by atoms with Gasteiger partial charge in [-0.25, -0.2) is 4.68 Å². The van der Waals surface area contributed by atoms with Crippen molar-refractivity contribution in [1.29, 1.82) is 0 Å². The third-order valence-electron chi connectivity index (χ3n) is 4.91. The molecule has 0 aliphatic carbocycles. The molecule has 0 N–H and O–H groups in total. The Morgan fingerprint density at radius 3 is 1.93 bits per heavy atom. The van der Waals surface area contributed by atoms with Gasteiger partial charge in [-0.2, -0.15) is 5.10 Å². The first kappa shape index (κ1) is 21.4. The van der Waals surface area contributed by atoms with Gasteiger partial charge in [0.25, 0.3) is 5.91 Å². The highest BCUT2D eigenvalue weighted by atomic mass is 16.5. The maximum absolute atomic E-state index is 13.4. The van der Waals surface area contributed by atoms with Crippen LogP contribution in [0.15, 0.2) is 54.6 Å². The van der Waals surface area contributed by atoms with E-state index in [1.54, 1.807) is 18.9 Å². The van der Waals surface area contributed by atoms with Crippen LogP contribution in [0.4, 0.5) is 0 Å². The molecule has 0 aliphatic rings. The number of ether oxygens (including phenoxy) is 2. The lowest BCUT2D eigenvalue weighted by Crippen LogP contribution is -2.33. The molecule has 1 amide bonds. The van der Waals surface area contributed by atoms with Crippen LogP contribution < -0.4 is 9.47 Å². The highest BCUT2D eigenvalue weighted by Crippen LogP contribution is 2.25. The highest BCUT2D eigenvalue weighted by Gasteiger charge is 2.22. The van der Waals surface area contributed by atoms with E-state index < -0.39 is 0 Å². The number of carbonyl (C=O) groups excluding carboxylic acids is 1. The van der Waals surface area contributed by atoms with E-state index in [1.807, 2.05) is 59.5 Å². The van der Waals surface area contributed by atoms with Gasteiger partial charge >= 0.3 is 0 Å². The molecule has 0 radical (unpaired) electrons. The number of aromatic nitrogens is 2. The molecule has 1 heterocycles. The Balaban J connectivity index is 2.07. The second-order valence-corrected chi connectivity index (χ2v) is 7.05. The minimum atomic E-state index is -0.0122. The fraction of sp³-hybridized carbons (Fsp3) is 0.333. The Labute approximate surface area is 178 Å². The van der Waals surface area contributed by atoms with Gasteiger partial charge in [0, 0.05) is 18.7 Å². The van der Waals surface area contributed by atoms with Crippen molar-refractivity contribution in [3.05, 3.63) is 60.3 Å². The van der Waals surface area contributed by atoms with Crippen molar-refractivity contribution in [3.8, 4) is 28.4 Å². The van der Waals surface area contributed by atoms with E-state index in [2.05, 4.69) is 13.8 Å². The normalized spacial score (nSPS) is 10.7. The van der Waals surface area contributed by atoms with Gasteiger partial charge in [0.15, 0.2) is 0 Å². The SMILES string of the molecule is CCCN(CCC)C(=O)c1cc(-c2ccc(OC)cc2)nn1-c1ccc(OC)cc1. The molecule has 0 spiro atoms. The van der Waals surface area contributed by atoms with E-state index >= 15 is 0 Å². The van der Waals surface area contributed by atoms with Crippen LogP contribution in [-0.2, 0) is 0 Å². The summed E-state index contributed by atoms with van der Waals surface area (Å²) >= 11 is 0. The number of benzene rings is 2. The zero-order valence-corrected chi connectivity index (χ0v) is 18.1. The first-order valence-corrected chi connectivity index (χ1v) is 10.3. The molecular weight excluding hydrogens is 378 g/mol. The molecule has 1 aromatic heterocycles. The summed E-state index contributed by atoms with van der Waals surface area (Å²) in [5.41, 5.74) is 3.03. The number of rotatable bonds is 9. The van der Waals surface area contributed by atoms with Crippen LogP contribution in [0, 0.1) is 0 Å². The van der Waals surface area contributed by atoms with Crippen molar-refractivity contribution in [1.82, 2.24) is 14.7 Å². The van der Waals surface area contributed by atoms with Gasteiger partial charge in [0.2, 0.25) is 0 Å². The minimum Gasteiger partial charge on any atom is -0.497 e. The third-order valence-corrected chi connectivity index (χ3v) is 4.91. The van der Waals surface area contributed by atoms with Gasteiger partial charge < -0.3 is 14.4 Å².